The Hall–Kier alpha value is -4.31. The van der Waals surface area contributed by atoms with E-state index in [-0.39, 0.29) is 47.0 Å². The van der Waals surface area contributed by atoms with Gasteiger partial charge in [-0.1, -0.05) is 12.1 Å². The number of carbonyl (C=O) groups is 1. The van der Waals surface area contributed by atoms with Gasteiger partial charge in [0.1, 0.15) is 23.4 Å². The first kappa shape index (κ1) is 23.8. The van der Waals surface area contributed by atoms with E-state index in [0.717, 1.165) is 6.07 Å². The molecule has 3 aromatic rings. The van der Waals surface area contributed by atoms with Gasteiger partial charge in [-0.25, -0.2) is 0 Å². The topological polar surface area (TPSA) is 177 Å². The Bertz CT molecular complexity index is 1290. The summed E-state index contributed by atoms with van der Waals surface area (Å²) in [6, 6.07) is 8.88. The summed E-state index contributed by atoms with van der Waals surface area (Å²) in [7, 11) is 1.19. The van der Waals surface area contributed by atoms with Gasteiger partial charge in [0, 0.05) is 29.5 Å². The van der Waals surface area contributed by atoms with Crippen LogP contribution in [0.1, 0.15) is 40.7 Å². The Morgan fingerprint density at radius 3 is 2.20 bits per heavy atom. The van der Waals surface area contributed by atoms with Gasteiger partial charge in [0.15, 0.2) is 23.0 Å². The molecule has 7 N–H and O–H groups in total. The van der Waals surface area contributed by atoms with Crippen LogP contribution in [-0.4, -0.2) is 54.9 Å². The van der Waals surface area contributed by atoms with Crippen LogP contribution < -0.4 is 4.74 Å². The van der Waals surface area contributed by atoms with Crippen molar-refractivity contribution in [3.05, 3.63) is 64.7 Å². The van der Waals surface area contributed by atoms with Crippen LogP contribution in [0.15, 0.2) is 42.5 Å². The lowest BCUT2D eigenvalue weighted by atomic mass is 9.83. The molecular formula is C25H24O10. The summed E-state index contributed by atoms with van der Waals surface area (Å²) in [6.07, 6.45) is -2.60. The molecule has 3 atom stereocenters. The minimum atomic E-state index is -1.16. The zero-order chi connectivity index (χ0) is 25.4. The number of aromatic hydroxyl groups is 6. The first-order chi connectivity index (χ1) is 16.6. The minimum Gasteiger partial charge on any atom is -0.507 e. The van der Waals surface area contributed by atoms with Crippen LogP contribution >= 0.6 is 0 Å². The molecule has 0 aliphatic carbocycles. The van der Waals surface area contributed by atoms with E-state index in [4.69, 9.17) is 9.47 Å². The lowest BCUT2D eigenvalue weighted by Gasteiger charge is -2.34. The van der Waals surface area contributed by atoms with E-state index in [9.17, 15) is 40.5 Å². The van der Waals surface area contributed by atoms with Crippen molar-refractivity contribution in [3.63, 3.8) is 0 Å². The number of aliphatic hydroxyl groups is 1. The number of methoxy groups -OCH3 is 1. The van der Waals surface area contributed by atoms with Crippen LogP contribution in [0.4, 0.5) is 0 Å². The van der Waals surface area contributed by atoms with Gasteiger partial charge in [-0.2, -0.15) is 0 Å². The predicted octanol–water partition coefficient (Wildman–Crippen LogP) is 2.65. The molecule has 0 radical (unpaired) electrons. The van der Waals surface area contributed by atoms with Gasteiger partial charge in [0.05, 0.1) is 19.6 Å². The Labute approximate surface area is 199 Å². The van der Waals surface area contributed by atoms with Crippen LogP contribution in [0.5, 0.6) is 40.2 Å². The Morgan fingerprint density at radius 2 is 1.57 bits per heavy atom. The standard InChI is InChI=1S/C25H24O10/c1-34-22(33)9-13(11-2-4-15(26)18(29)6-11)23-20(31)10-17(28)14-8-21(32)24(35-25(14)23)12-3-5-16(27)19(30)7-12/h2-7,10,13,21,24,26-32H,8-9H2,1H3/t13?,21-,24-/m1/s1. The first-order valence-electron chi connectivity index (χ1n) is 10.6. The third-order valence-electron chi connectivity index (χ3n) is 6.06. The van der Waals surface area contributed by atoms with Crippen molar-refractivity contribution in [1.82, 2.24) is 0 Å². The molecule has 1 aliphatic rings. The summed E-state index contributed by atoms with van der Waals surface area (Å²) in [4.78, 5) is 12.3. The molecule has 3 aromatic carbocycles. The maximum absolute atomic E-state index is 12.3. The molecule has 4 rings (SSSR count). The maximum atomic E-state index is 12.3. The number of aliphatic hydroxyl groups excluding tert-OH is 1. The lowest BCUT2D eigenvalue weighted by Crippen LogP contribution is -2.31. The number of rotatable bonds is 5. The van der Waals surface area contributed by atoms with Gasteiger partial charge >= 0.3 is 5.97 Å². The number of hydrogen-bond acceptors (Lipinski definition) is 10. The number of ether oxygens (including phenoxy) is 2. The highest BCUT2D eigenvalue weighted by molar-refractivity contribution is 5.73. The molecule has 1 unspecified atom stereocenters. The zero-order valence-corrected chi connectivity index (χ0v) is 18.5. The van der Waals surface area contributed by atoms with Gasteiger partial charge < -0.3 is 45.2 Å². The number of phenols is 6. The number of benzene rings is 3. The lowest BCUT2D eigenvalue weighted by molar-refractivity contribution is -0.140. The van der Waals surface area contributed by atoms with Crippen molar-refractivity contribution in [2.24, 2.45) is 0 Å². The van der Waals surface area contributed by atoms with Gasteiger partial charge in [0.2, 0.25) is 0 Å². The average Bonchev–Trinajstić information content (AvgIpc) is 2.82. The number of carbonyl (C=O) groups excluding carboxylic acids is 1. The summed E-state index contributed by atoms with van der Waals surface area (Å²) in [5, 5.41) is 71.4. The summed E-state index contributed by atoms with van der Waals surface area (Å²) in [5.74, 6) is -3.93. The summed E-state index contributed by atoms with van der Waals surface area (Å²) in [6.45, 7) is 0. The number of esters is 1. The molecule has 0 spiro atoms. The molecule has 184 valence electrons. The van der Waals surface area contributed by atoms with Crippen molar-refractivity contribution < 1.29 is 50.0 Å². The fourth-order valence-corrected chi connectivity index (χ4v) is 4.28. The van der Waals surface area contributed by atoms with Gasteiger partial charge in [0.25, 0.3) is 0 Å². The second kappa shape index (κ2) is 9.15. The van der Waals surface area contributed by atoms with E-state index < -0.39 is 41.3 Å². The SMILES string of the molecule is COC(=O)CC(c1ccc(O)c(O)c1)c1c(O)cc(O)c2c1O[C@H](c1ccc(O)c(O)c1)[C@H](O)C2. The van der Waals surface area contributed by atoms with Crippen LogP contribution in [0.3, 0.4) is 0 Å². The number of hydrogen-bond donors (Lipinski definition) is 7. The highest BCUT2D eigenvalue weighted by Crippen LogP contribution is 2.51. The molecule has 0 aromatic heterocycles. The molecule has 0 fully saturated rings. The second-order valence-electron chi connectivity index (χ2n) is 8.28. The van der Waals surface area contributed by atoms with Gasteiger partial charge in [-0.3, -0.25) is 4.79 Å². The van der Waals surface area contributed by atoms with Crippen molar-refractivity contribution in [2.75, 3.05) is 7.11 Å². The highest BCUT2D eigenvalue weighted by atomic mass is 16.5. The third kappa shape index (κ3) is 4.43. The molecule has 10 heteroatoms. The summed E-state index contributed by atoms with van der Waals surface area (Å²) >= 11 is 0. The average molecular weight is 484 g/mol. The predicted molar refractivity (Wildman–Crippen MR) is 121 cm³/mol. The van der Waals surface area contributed by atoms with Crippen molar-refractivity contribution in [3.8, 4) is 40.2 Å². The number of phenolic OH excluding ortho intramolecular Hbond substituents is 6. The van der Waals surface area contributed by atoms with Crippen molar-refractivity contribution in [1.29, 1.82) is 0 Å². The van der Waals surface area contributed by atoms with Gasteiger partial charge in [-0.15, -0.1) is 0 Å². The quantitative estimate of drug-likeness (QED) is 0.210. The molecular weight excluding hydrogens is 460 g/mol. The smallest absolute Gasteiger partial charge is 0.306 e. The molecule has 1 aliphatic heterocycles. The number of fused-ring (bicyclic) bond motifs is 1. The summed E-state index contributed by atoms with van der Waals surface area (Å²) in [5.41, 5.74) is 0.928. The highest BCUT2D eigenvalue weighted by Gasteiger charge is 2.37. The molecule has 0 saturated carbocycles. The van der Waals surface area contributed by atoms with Gasteiger partial charge in [-0.05, 0) is 35.4 Å². The molecule has 1 heterocycles. The molecule has 35 heavy (non-hydrogen) atoms. The third-order valence-corrected chi connectivity index (χ3v) is 6.06. The second-order valence-corrected chi connectivity index (χ2v) is 8.28. The van der Waals surface area contributed by atoms with E-state index in [1.807, 2.05) is 0 Å². The van der Waals surface area contributed by atoms with Crippen LogP contribution in [0.2, 0.25) is 0 Å². The minimum absolute atomic E-state index is 0.00633. The molecule has 10 nitrogen and oxygen atoms in total. The Kier molecular flexibility index (Phi) is 6.23. The Balaban J connectivity index is 1.88. The van der Waals surface area contributed by atoms with E-state index in [1.165, 1.54) is 43.5 Å². The molecule has 0 bridgehead atoms. The molecule has 0 amide bonds. The molecule has 0 saturated heterocycles. The van der Waals surface area contributed by atoms with Crippen LogP contribution in [0.25, 0.3) is 0 Å². The normalized spacial score (nSPS) is 17.8. The van der Waals surface area contributed by atoms with Crippen LogP contribution in [0, 0.1) is 0 Å². The largest absolute Gasteiger partial charge is 0.507 e. The maximum Gasteiger partial charge on any atom is 0.306 e. The first-order valence-corrected chi connectivity index (χ1v) is 10.6. The van der Waals surface area contributed by atoms with E-state index in [2.05, 4.69) is 0 Å². The zero-order valence-electron chi connectivity index (χ0n) is 18.5. The van der Waals surface area contributed by atoms with Crippen molar-refractivity contribution >= 4 is 5.97 Å². The fourth-order valence-electron chi connectivity index (χ4n) is 4.28. The summed E-state index contributed by atoms with van der Waals surface area (Å²) < 4.78 is 10.9. The van der Waals surface area contributed by atoms with E-state index in [1.54, 1.807) is 0 Å². The van der Waals surface area contributed by atoms with Crippen molar-refractivity contribution in [2.45, 2.75) is 31.0 Å². The fraction of sp³-hybridized carbons (Fsp3) is 0.240. The Morgan fingerprint density at radius 1 is 0.914 bits per heavy atom. The monoisotopic (exact) mass is 484 g/mol. The van der Waals surface area contributed by atoms with Crippen LogP contribution in [-0.2, 0) is 16.0 Å². The van der Waals surface area contributed by atoms with E-state index >= 15 is 0 Å². The van der Waals surface area contributed by atoms with E-state index in [0.29, 0.717) is 11.1 Å².